The summed E-state index contributed by atoms with van der Waals surface area (Å²) in [5.74, 6) is -0.633. The van der Waals surface area contributed by atoms with E-state index in [1.165, 1.54) is 19.6 Å². The number of thiazole rings is 1. The molecule has 0 unspecified atom stereocenters. The summed E-state index contributed by atoms with van der Waals surface area (Å²) in [4.78, 5) is 29.5. The van der Waals surface area contributed by atoms with Gasteiger partial charge in [-0.2, -0.15) is 4.57 Å². The molecule has 2 aliphatic rings. The molecule has 0 bridgehead atoms. The normalized spacial score (nSPS) is 19.0. The Hall–Kier alpha value is -2.30. The van der Waals surface area contributed by atoms with Crippen molar-refractivity contribution in [2.24, 2.45) is 5.92 Å². The van der Waals surface area contributed by atoms with Crippen molar-refractivity contribution in [3.63, 3.8) is 0 Å². The lowest BCUT2D eigenvalue weighted by molar-refractivity contribution is -0.669. The molecule has 2 aromatic carbocycles. The van der Waals surface area contributed by atoms with Crippen LogP contribution in [0.3, 0.4) is 0 Å². The van der Waals surface area contributed by atoms with Gasteiger partial charge in [0.05, 0.1) is 16.8 Å². The van der Waals surface area contributed by atoms with Crippen LogP contribution >= 0.6 is 46.3 Å². The summed E-state index contributed by atoms with van der Waals surface area (Å²) in [5, 5.41) is 17.9. The first-order valence-corrected chi connectivity index (χ1v) is 18.4. The Kier molecular flexibility index (Phi) is 12.1. The topological polar surface area (TPSA) is 79.6 Å². The number of carboxylic acid groups (broad SMARTS) is 1. The summed E-state index contributed by atoms with van der Waals surface area (Å²) >= 11 is 16.3. The average molecular weight is 690 g/mol. The van der Waals surface area contributed by atoms with Crippen LogP contribution in [0.2, 0.25) is 10.0 Å². The molecule has 5 rings (SSSR count). The van der Waals surface area contributed by atoms with E-state index in [4.69, 9.17) is 23.2 Å². The first-order chi connectivity index (χ1) is 21.7. The maximum absolute atomic E-state index is 12.7. The third-order valence-electron chi connectivity index (χ3n) is 8.90. The van der Waals surface area contributed by atoms with Gasteiger partial charge in [-0.3, -0.25) is 4.79 Å². The van der Waals surface area contributed by atoms with E-state index in [1.807, 2.05) is 24.3 Å². The van der Waals surface area contributed by atoms with Gasteiger partial charge in [0.2, 0.25) is 11.4 Å². The molecular formula is C34H42Cl2N4O3S2. The van der Waals surface area contributed by atoms with E-state index in [0.717, 1.165) is 86.0 Å². The van der Waals surface area contributed by atoms with E-state index in [-0.39, 0.29) is 18.2 Å². The van der Waals surface area contributed by atoms with Gasteiger partial charge in [-0.15, -0.1) is 0 Å². The molecule has 1 fully saturated rings. The summed E-state index contributed by atoms with van der Waals surface area (Å²) in [6, 6.07) is 12.6. The Labute approximate surface area is 284 Å². The molecule has 1 amide bonds. The molecule has 0 radical (unpaired) electrons. The number of carbonyl (C=O) groups is 2. The van der Waals surface area contributed by atoms with Crippen molar-refractivity contribution in [3.05, 3.63) is 56.5 Å². The highest BCUT2D eigenvalue weighted by atomic mass is 35.5. The van der Waals surface area contributed by atoms with Crippen LogP contribution in [0.4, 0.5) is 5.69 Å². The van der Waals surface area contributed by atoms with E-state index in [0.29, 0.717) is 19.0 Å². The Morgan fingerprint density at radius 2 is 1.84 bits per heavy atom. The largest absolute Gasteiger partial charge is 0.550 e. The van der Waals surface area contributed by atoms with Crippen LogP contribution in [0.25, 0.3) is 16.3 Å². The molecule has 0 atom stereocenters. The first kappa shape index (κ1) is 34.0. The van der Waals surface area contributed by atoms with Crippen molar-refractivity contribution in [2.75, 3.05) is 31.1 Å². The maximum Gasteiger partial charge on any atom is 0.265 e. The number of rotatable bonds is 14. The van der Waals surface area contributed by atoms with Crippen molar-refractivity contribution < 1.29 is 19.3 Å². The van der Waals surface area contributed by atoms with Crippen molar-refractivity contribution >= 4 is 80.2 Å². The fraction of sp³-hybridized carbons (Fsp3) is 0.500. The number of nitrogens with one attached hydrogen (secondary N) is 1. The molecule has 7 nitrogen and oxygen atoms in total. The van der Waals surface area contributed by atoms with Crippen LogP contribution in [0.1, 0.15) is 70.2 Å². The Morgan fingerprint density at radius 3 is 2.58 bits per heavy atom. The number of aromatic nitrogens is 1. The fourth-order valence-electron chi connectivity index (χ4n) is 6.53. The lowest BCUT2D eigenvalue weighted by Gasteiger charge is -2.36. The number of thioether (sulfide) groups is 1. The summed E-state index contributed by atoms with van der Waals surface area (Å²) in [6.07, 6.45) is 8.54. The Morgan fingerprint density at radius 1 is 1.09 bits per heavy atom. The number of carbonyl (C=O) groups excluding carboxylic acids is 2. The number of amides is 1. The molecular weight excluding hydrogens is 647 g/mol. The molecule has 2 heterocycles. The quantitative estimate of drug-likeness (QED) is 0.149. The predicted molar refractivity (Wildman–Crippen MR) is 185 cm³/mol. The van der Waals surface area contributed by atoms with Gasteiger partial charge in [-0.25, -0.2) is 0 Å². The van der Waals surface area contributed by atoms with Gasteiger partial charge < -0.3 is 25.0 Å². The third kappa shape index (κ3) is 8.74. The third-order valence-corrected chi connectivity index (χ3v) is 11.6. The van der Waals surface area contributed by atoms with Gasteiger partial charge >= 0.3 is 0 Å². The SMILES string of the molecule is CCN1/C(=C/c2sc3ccc(Cl)cc3[n+]2CCCCNC(=O)CCN(CC)C2CCC(CC(=O)[O-])CC2)Sc2ccc(Cl)cc21. The predicted octanol–water partition coefficient (Wildman–Crippen LogP) is 6.73. The van der Waals surface area contributed by atoms with Gasteiger partial charge in [-0.05, 0) is 88.2 Å². The standard InChI is InChI=1S/C34H42Cl2N4O3S2/c1-3-38(26-11-7-23(8-12-26)19-34(42)43)18-15-31(41)37-16-5-6-17-40-28-21-25(36)10-14-30(28)45-33(40)22-32-39(4-2)27-20-24(35)9-13-29(27)44-32/h9-10,13-14,20-23,26H,3-8,11-12,15-19H2,1-2H3,(H-,37,41,42,43). The number of hydrogen-bond acceptors (Lipinski definition) is 7. The van der Waals surface area contributed by atoms with Crippen LogP contribution in [0.5, 0.6) is 0 Å². The van der Waals surface area contributed by atoms with Gasteiger partial charge in [0.25, 0.3) is 5.01 Å². The van der Waals surface area contributed by atoms with Crippen LogP contribution in [0, 0.1) is 5.92 Å². The first-order valence-electron chi connectivity index (χ1n) is 16.0. The monoisotopic (exact) mass is 688 g/mol. The maximum atomic E-state index is 12.7. The second-order valence-electron chi connectivity index (χ2n) is 11.8. The van der Waals surface area contributed by atoms with Crippen molar-refractivity contribution in [1.82, 2.24) is 10.2 Å². The number of benzene rings is 2. The Balaban J connectivity index is 1.14. The number of nitrogens with zero attached hydrogens (tertiary/aromatic N) is 3. The highest BCUT2D eigenvalue weighted by molar-refractivity contribution is 8.03. The molecule has 1 aromatic heterocycles. The summed E-state index contributed by atoms with van der Waals surface area (Å²) in [5.41, 5.74) is 2.28. The van der Waals surface area contributed by atoms with Gasteiger partial charge in [-0.1, -0.05) is 53.2 Å². The zero-order valence-electron chi connectivity index (χ0n) is 26.0. The van der Waals surface area contributed by atoms with Crippen LogP contribution < -0.4 is 19.9 Å². The molecule has 1 aliphatic heterocycles. The molecule has 242 valence electrons. The van der Waals surface area contributed by atoms with Gasteiger partial charge in [0.1, 0.15) is 4.70 Å². The van der Waals surface area contributed by atoms with Crippen molar-refractivity contribution in [1.29, 1.82) is 0 Å². The minimum absolute atomic E-state index is 0.0857. The molecule has 3 aromatic rings. The number of aliphatic carboxylic acids is 1. The molecule has 11 heteroatoms. The van der Waals surface area contributed by atoms with E-state index in [1.54, 1.807) is 23.1 Å². The smallest absolute Gasteiger partial charge is 0.265 e. The molecule has 0 spiro atoms. The zero-order valence-corrected chi connectivity index (χ0v) is 29.2. The second-order valence-corrected chi connectivity index (χ2v) is 14.8. The number of halogens is 2. The van der Waals surface area contributed by atoms with E-state index < -0.39 is 5.97 Å². The highest BCUT2D eigenvalue weighted by Gasteiger charge is 2.28. The number of anilines is 1. The summed E-state index contributed by atoms with van der Waals surface area (Å²) in [6.45, 7) is 8.24. The van der Waals surface area contributed by atoms with Crippen LogP contribution in [-0.4, -0.2) is 49.0 Å². The molecule has 1 aliphatic carbocycles. The van der Waals surface area contributed by atoms with E-state index in [9.17, 15) is 14.7 Å². The number of unbranched alkanes of at least 4 members (excludes halogenated alkanes) is 1. The average Bonchev–Trinajstić information content (AvgIpc) is 3.53. The minimum Gasteiger partial charge on any atom is -0.550 e. The van der Waals surface area contributed by atoms with Crippen LogP contribution in [-0.2, 0) is 16.1 Å². The highest BCUT2D eigenvalue weighted by Crippen LogP contribution is 2.47. The fourth-order valence-corrected chi connectivity index (χ4v) is 9.19. The molecule has 45 heavy (non-hydrogen) atoms. The summed E-state index contributed by atoms with van der Waals surface area (Å²) < 4.78 is 3.55. The molecule has 1 N–H and O–H groups in total. The van der Waals surface area contributed by atoms with Crippen molar-refractivity contribution in [2.45, 2.75) is 82.7 Å². The van der Waals surface area contributed by atoms with E-state index >= 15 is 0 Å². The number of carboxylic acids is 1. The molecule has 1 saturated carbocycles. The Bertz CT molecular complexity index is 1540. The second kappa shape index (κ2) is 16.0. The van der Waals surface area contributed by atoms with E-state index in [2.05, 4.69) is 51.7 Å². The van der Waals surface area contributed by atoms with Crippen LogP contribution in [0.15, 0.2) is 46.3 Å². The number of hydrogen-bond donors (Lipinski definition) is 1. The lowest BCUT2D eigenvalue weighted by atomic mass is 9.83. The van der Waals surface area contributed by atoms with Crippen molar-refractivity contribution in [3.8, 4) is 0 Å². The number of aryl methyl sites for hydroxylation is 1. The lowest BCUT2D eigenvalue weighted by Crippen LogP contribution is -2.41. The zero-order chi connectivity index (χ0) is 31.9. The van der Waals surface area contributed by atoms with Gasteiger partial charge in [0.15, 0.2) is 6.54 Å². The number of fused-ring (bicyclic) bond motifs is 2. The minimum atomic E-state index is -0.948. The molecule has 0 saturated heterocycles. The van der Waals surface area contributed by atoms with Gasteiger partial charge in [0, 0.05) is 65.5 Å². The summed E-state index contributed by atoms with van der Waals surface area (Å²) in [7, 11) is 0.